The summed E-state index contributed by atoms with van der Waals surface area (Å²) in [6.07, 6.45) is 4.98. The summed E-state index contributed by atoms with van der Waals surface area (Å²) < 4.78 is 11.6. The zero-order valence-corrected chi connectivity index (χ0v) is 18.7. The number of hydrogen-bond acceptors (Lipinski definition) is 5. The van der Waals surface area contributed by atoms with Gasteiger partial charge in [-0.25, -0.2) is 4.98 Å². The molecule has 1 unspecified atom stereocenters. The molecule has 0 aliphatic carbocycles. The van der Waals surface area contributed by atoms with Crippen LogP contribution in [0, 0.1) is 12.8 Å². The van der Waals surface area contributed by atoms with Gasteiger partial charge in [-0.1, -0.05) is 18.2 Å². The molecule has 7 heteroatoms. The average molecular weight is 426 g/mol. The summed E-state index contributed by atoms with van der Waals surface area (Å²) in [5.74, 6) is 3.15. The molecule has 168 valence electrons. The Morgan fingerprint density at radius 1 is 1.19 bits per heavy atom. The molecule has 3 rings (SSSR count). The summed E-state index contributed by atoms with van der Waals surface area (Å²) in [4.78, 5) is 8.60. The minimum absolute atomic E-state index is 0.489. The molecule has 1 aromatic heterocycles. The van der Waals surface area contributed by atoms with Crippen molar-refractivity contribution in [3.8, 4) is 5.75 Å². The largest absolute Gasteiger partial charge is 0.493 e. The lowest BCUT2D eigenvalue weighted by atomic mass is 10.1. The molecule has 0 saturated carbocycles. The molecule has 1 saturated heterocycles. The first-order valence-corrected chi connectivity index (χ1v) is 11.1. The van der Waals surface area contributed by atoms with Crippen LogP contribution in [-0.4, -0.2) is 50.9 Å². The van der Waals surface area contributed by atoms with Crippen LogP contribution in [0.15, 0.2) is 47.6 Å². The van der Waals surface area contributed by atoms with Crippen molar-refractivity contribution in [2.45, 2.75) is 32.7 Å². The standard InChI is InChI=1S/C24H35N5O2/c1-19-8-9-21(22(15-19)31-18-20-10-14-30-17-20)16-29-24(25-2)28-13-6-5-12-27-23-7-3-4-11-26-23/h3-4,7-9,11,15,20H,5-6,10,12-14,16-18H2,1-2H3,(H,26,27)(H2,25,28,29). The predicted octanol–water partition coefficient (Wildman–Crippen LogP) is 3.36. The van der Waals surface area contributed by atoms with Gasteiger partial charge in [-0.05, 0) is 49.9 Å². The Bertz CT molecular complexity index is 807. The molecule has 1 aliphatic rings. The maximum atomic E-state index is 6.14. The van der Waals surface area contributed by atoms with Crippen LogP contribution in [0.3, 0.4) is 0 Å². The van der Waals surface area contributed by atoms with E-state index in [1.807, 2.05) is 18.2 Å². The van der Waals surface area contributed by atoms with Gasteiger partial charge in [0.2, 0.25) is 0 Å². The van der Waals surface area contributed by atoms with Gasteiger partial charge >= 0.3 is 0 Å². The molecule has 1 atom stereocenters. The highest BCUT2D eigenvalue weighted by atomic mass is 16.5. The molecular weight excluding hydrogens is 390 g/mol. The lowest BCUT2D eigenvalue weighted by molar-refractivity contribution is 0.166. The first-order chi connectivity index (χ1) is 15.2. The minimum atomic E-state index is 0.489. The third kappa shape index (κ3) is 8.09. The van der Waals surface area contributed by atoms with Crippen molar-refractivity contribution in [1.29, 1.82) is 0 Å². The van der Waals surface area contributed by atoms with Gasteiger partial charge in [0, 0.05) is 51.0 Å². The fourth-order valence-corrected chi connectivity index (χ4v) is 3.40. The fraction of sp³-hybridized carbons (Fsp3) is 0.500. The van der Waals surface area contributed by atoms with Gasteiger partial charge in [0.1, 0.15) is 11.6 Å². The van der Waals surface area contributed by atoms with E-state index in [-0.39, 0.29) is 0 Å². The van der Waals surface area contributed by atoms with E-state index in [0.29, 0.717) is 19.1 Å². The van der Waals surface area contributed by atoms with Crippen molar-refractivity contribution in [2.75, 3.05) is 45.3 Å². The van der Waals surface area contributed by atoms with Gasteiger partial charge in [0.15, 0.2) is 5.96 Å². The Kier molecular flexibility index (Phi) is 9.44. The number of nitrogens with one attached hydrogen (secondary N) is 3. The summed E-state index contributed by atoms with van der Waals surface area (Å²) in [5.41, 5.74) is 2.33. The average Bonchev–Trinajstić information content (AvgIpc) is 3.32. The van der Waals surface area contributed by atoms with E-state index >= 15 is 0 Å². The second-order valence-electron chi connectivity index (χ2n) is 7.85. The van der Waals surface area contributed by atoms with Gasteiger partial charge in [0.25, 0.3) is 0 Å². The monoisotopic (exact) mass is 425 g/mol. The van der Waals surface area contributed by atoms with Crippen molar-refractivity contribution in [1.82, 2.24) is 15.6 Å². The van der Waals surface area contributed by atoms with Crippen molar-refractivity contribution in [3.63, 3.8) is 0 Å². The molecule has 1 fully saturated rings. The van der Waals surface area contributed by atoms with Crippen LogP contribution >= 0.6 is 0 Å². The first kappa shape index (κ1) is 22.9. The van der Waals surface area contributed by atoms with E-state index in [1.165, 1.54) is 5.56 Å². The Balaban J connectivity index is 1.37. The van der Waals surface area contributed by atoms with Crippen molar-refractivity contribution < 1.29 is 9.47 Å². The molecule has 0 bridgehead atoms. The number of aryl methyl sites for hydroxylation is 1. The minimum Gasteiger partial charge on any atom is -0.493 e. The van der Waals surface area contributed by atoms with Crippen LogP contribution < -0.4 is 20.7 Å². The molecule has 0 radical (unpaired) electrons. The predicted molar refractivity (Wildman–Crippen MR) is 126 cm³/mol. The molecule has 2 aromatic rings. The highest BCUT2D eigenvalue weighted by Crippen LogP contribution is 2.22. The Morgan fingerprint density at radius 3 is 2.87 bits per heavy atom. The molecule has 2 heterocycles. The molecule has 3 N–H and O–H groups in total. The van der Waals surface area contributed by atoms with E-state index in [4.69, 9.17) is 9.47 Å². The highest BCUT2D eigenvalue weighted by molar-refractivity contribution is 5.79. The topological polar surface area (TPSA) is 79.8 Å². The number of ether oxygens (including phenoxy) is 2. The molecule has 7 nitrogen and oxygen atoms in total. The smallest absolute Gasteiger partial charge is 0.191 e. The number of rotatable bonds is 11. The van der Waals surface area contributed by atoms with Crippen LogP contribution in [0.25, 0.3) is 0 Å². The molecule has 0 amide bonds. The quantitative estimate of drug-likeness (QED) is 0.291. The fourth-order valence-electron chi connectivity index (χ4n) is 3.40. The van der Waals surface area contributed by atoms with E-state index in [1.54, 1.807) is 13.2 Å². The number of aromatic nitrogens is 1. The maximum Gasteiger partial charge on any atom is 0.191 e. The van der Waals surface area contributed by atoms with Gasteiger partial charge in [-0.2, -0.15) is 0 Å². The van der Waals surface area contributed by atoms with Gasteiger partial charge < -0.3 is 25.4 Å². The van der Waals surface area contributed by atoms with Gasteiger partial charge in [-0.3, -0.25) is 4.99 Å². The Hall–Kier alpha value is -2.80. The number of guanidine groups is 1. The molecule has 1 aromatic carbocycles. The zero-order chi connectivity index (χ0) is 21.7. The number of pyridine rings is 1. The Morgan fingerprint density at radius 2 is 2.10 bits per heavy atom. The van der Waals surface area contributed by atoms with Crippen molar-refractivity contribution in [3.05, 3.63) is 53.7 Å². The molecule has 1 aliphatic heterocycles. The van der Waals surface area contributed by atoms with Crippen LogP contribution in [0.1, 0.15) is 30.4 Å². The second kappa shape index (κ2) is 12.8. The molecule has 0 spiro atoms. The summed E-state index contributed by atoms with van der Waals surface area (Å²) in [6, 6.07) is 12.2. The van der Waals surface area contributed by atoms with E-state index in [9.17, 15) is 0 Å². The number of benzene rings is 1. The van der Waals surface area contributed by atoms with E-state index in [2.05, 4.69) is 51.0 Å². The van der Waals surface area contributed by atoms with Crippen LogP contribution in [0.4, 0.5) is 5.82 Å². The molecule has 31 heavy (non-hydrogen) atoms. The van der Waals surface area contributed by atoms with Crippen LogP contribution in [0.5, 0.6) is 5.75 Å². The highest BCUT2D eigenvalue weighted by Gasteiger charge is 2.17. The zero-order valence-electron chi connectivity index (χ0n) is 18.7. The number of nitrogens with zero attached hydrogens (tertiary/aromatic N) is 2. The third-order valence-electron chi connectivity index (χ3n) is 5.26. The summed E-state index contributed by atoms with van der Waals surface area (Å²) in [6.45, 7) is 6.87. The van der Waals surface area contributed by atoms with Crippen LogP contribution in [-0.2, 0) is 11.3 Å². The lowest BCUT2D eigenvalue weighted by Gasteiger charge is -2.17. The van der Waals surface area contributed by atoms with E-state index in [0.717, 1.165) is 68.7 Å². The van der Waals surface area contributed by atoms with Crippen molar-refractivity contribution in [2.24, 2.45) is 10.9 Å². The van der Waals surface area contributed by atoms with Gasteiger partial charge in [0.05, 0.1) is 13.2 Å². The SMILES string of the molecule is CN=C(NCCCCNc1ccccn1)NCc1ccc(C)cc1OCC1CCOC1. The molecular formula is C24H35N5O2. The third-order valence-corrected chi connectivity index (χ3v) is 5.26. The first-order valence-electron chi connectivity index (χ1n) is 11.1. The lowest BCUT2D eigenvalue weighted by Crippen LogP contribution is -2.37. The number of hydrogen-bond donors (Lipinski definition) is 3. The number of unbranched alkanes of at least 4 members (excludes halogenated alkanes) is 1. The van der Waals surface area contributed by atoms with Crippen molar-refractivity contribution >= 4 is 11.8 Å². The summed E-state index contributed by atoms with van der Waals surface area (Å²) >= 11 is 0. The second-order valence-corrected chi connectivity index (χ2v) is 7.85. The summed E-state index contributed by atoms with van der Waals surface area (Å²) in [7, 11) is 1.80. The Labute approximate surface area is 185 Å². The normalized spacial score (nSPS) is 16.2. The van der Waals surface area contributed by atoms with Crippen LogP contribution in [0.2, 0.25) is 0 Å². The van der Waals surface area contributed by atoms with Gasteiger partial charge in [-0.15, -0.1) is 0 Å². The van der Waals surface area contributed by atoms with E-state index < -0.39 is 0 Å². The number of aliphatic imine (C=N–C) groups is 1. The number of anilines is 1. The maximum absolute atomic E-state index is 6.14. The summed E-state index contributed by atoms with van der Waals surface area (Å²) in [5, 5.41) is 10.1.